The van der Waals surface area contributed by atoms with Gasteiger partial charge in [-0.1, -0.05) is 29.3 Å². The maximum atomic E-state index is 11.6. The van der Waals surface area contributed by atoms with Crippen molar-refractivity contribution in [1.82, 2.24) is 5.32 Å². The summed E-state index contributed by atoms with van der Waals surface area (Å²) in [5.41, 5.74) is 0.126. The van der Waals surface area contributed by atoms with Crippen LogP contribution in [-0.2, 0) is 9.53 Å². The van der Waals surface area contributed by atoms with Crippen LogP contribution in [0.5, 0.6) is 0 Å². The second kappa shape index (κ2) is 7.03. The van der Waals surface area contributed by atoms with Gasteiger partial charge in [-0.25, -0.2) is 4.79 Å². The Morgan fingerprint density at radius 3 is 2.78 bits per heavy atom. The fraction of sp³-hybridized carbons (Fsp3) is 0.167. The highest BCUT2D eigenvalue weighted by Crippen LogP contribution is 2.21. The van der Waals surface area contributed by atoms with Gasteiger partial charge in [-0.2, -0.15) is 0 Å². The van der Waals surface area contributed by atoms with Crippen LogP contribution in [0.15, 0.2) is 30.9 Å². The van der Waals surface area contributed by atoms with Crippen LogP contribution < -0.4 is 5.32 Å². The van der Waals surface area contributed by atoms with Crippen LogP contribution in [-0.4, -0.2) is 25.0 Å². The summed E-state index contributed by atoms with van der Waals surface area (Å²) < 4.78 is 4.79. The van der Waals surface area contributed by atoms with E-state index in [1.165, 1.54) is 18.2 Å². The lowest BCUT2D eigenvalue weighted by Gasteiger charge is -2.06. The quantitative estimate of drug-likeness (QED) is 0.669. The molecular formula is C12H11Cl2NO3. The first-order valence-corrected chi connectivity index (χ1v) is 5.80. The van der Waals surface area contributed by atoms with Crippen molar-refractivity contribution in [1.29, 1.82) is 0 Å². The van der Waals surface area contributed by atoms with Gasteiger partial charge in [-0.3, -0.25) is 4.79 Å². The van der Waals surface area contributed by atoms with Crippen molar-refractivity contribution in [2.24, 2.45) is 0 Å². The number of carbonyl (C=O) groups excluding carboxylic acids is 2. The molecule has 0 aliphatic heterocycles. The van der Waals surface area contributed by atoms with Gasteiger partial charge in [0.05, 0.1) is 10.6 Å². The molecule has 1 aromatic carbocycles. The molecule has 0 saturated heterocycles. The summed E-state index contributed by atoms with van der Waals surface area (Å²) in [5.74, 6) is -1.11. The molecule has 96 valence electrons. The van der Waals surface area contributed by atoms with Gasteiger partial charge in [-0.05, 0) is 18.2 Å². The molecule has 0 heterocycles. The molecule has 0 saturated carbocycles. The molecule has 1 aromatic rings. The number of hydrogen-bond donors (Lipinski definition) is 1. The summed E-state index contributed by atoms with van der Waals surface area (Å²) in [5, 5.41) is 3.05. The number of halogens is 2. The van der Waals surface area contributed by atoms with Crippen molar-refractivity contribution in [3.05, 3.63) is 46.5 Å². The highest BCUT2D eigenvalue weighted by Gasteiger charge is 2.13. The van der Waals surface area contributed by atoms with E-state index in [0.717, 1.165) is 0 Å². The Kier molecular flexibility index (Phi) is 5.68. The first kappa shape index (κ1) is 14.5. The number of esters is 1. The fourth-order valence-corrected chi connectivity index (χ4v) is 1.47. The minimum absolute atomic E-state index is 0.126. The number of amides is 1. The predicted octanol–water partition coefficient (Wildman–Crippen LogP) is 2.45. The zero-order valence-corrected chi connectivity index (χ0v) is 10.9. The largest absolute Gasteiger partial charge is 0.452 e. The molecule has 0 aliphatic rings. The Morgan fingerprint density at radius 1 is 1.39 bits per heavy atom. The molecule has 0 fully saturated rings. The molecule has 4 nitrogen and oxygen atoms in total. The Balaban J connectivity index is 2.57. The van der Waals surface area contributed by atoms with Crippen LogP contribution in [0, 0.1) is 0 Å². The number of benzene rings is 1. The summed E-state index contributed by atoms with van der Waals surface area (Å²) in [6, 6.07) is 4.42. The Hall–Kier alpha value is -1.52. The van der Waals surface area contributed by atoms with E-state index in [2.05, 4.69) is 11.9 Å². The number of rotatable bonds is 5. The molecule has 0 radical (unpaired) electrons. The summed E-state index contributed by atoms with van der Waals surface area (Å²) >= 11 is 11.6. The van der Waals surface area contributed by atoms with Gasteiger partial charge in [-0.15, -0.1) is 6.58 Å². The van der Waals surface area contributed by atoms with Crippen LogP contribution >= 0.6 is 23.2 Å². The molecule has 1 rings (SSSR count). The number of nitrogens with one attached hydrogen (secondary N) is 1. The van der Waals surface area contributed by atoms with E-state index in [1.807, 2.05) is 0 Å². The Morgan fingerprint density at radius 2 is 2.11 bits per heavy atom. The van der Waals surface area contributed by atoms with Crippen molar-refractivity contribution >= 4 is 35.1 Å². The van der Waals surface area contributed by atoms with Crippen molar-refractivity contribution in [3.63, 3.8) is 0 Å². The maximum absolute atomic E-state index is 11.6. The molecule has 0 unspecified atom stereocenters. The topological polar surface area (TPSA) is 55.4 Å². The lowest BCUT2D eigenvalue weighted by atomic mass is 10.2. The number of hydrogen-bond acceptors (Lipinski definition) is 3. The van der Waals surface area contributed by atoms with E-state index in [1.54, 1.807) is 6.07 Å². The number of ether oxygens (including phenoxy) is 1. The second-order valence-electron chi connectivity index (χ2n) is 3.29. The molecule has 0 aliphatic carbocycles. The lowest BCUT2D eigenvalue weighted by Crippen LogP contribution is -2.28. The van der Waals surface area contributed by atoms with Crippen LogP contribution in [0.3, 0.4) is 0 Å². The van der Waals surface area contributed by atoms with E-state index in [-0.39, 0.29) is 17.2 Å². The zero-order valence-electron chi connectivity index (χ0n) is 9.41. The summed E-state index contributed by atoms with van der Waals surface area (Å²) in [6.45, 7) is 3.38. The summed E-state index contributed by atoms with van der Waals surface area (Å²) in [4.78, 5) is 22.8. The van der Waals surface area contributed by atoms with Crippen LogP contribution in [0.4, 0.5) is 0 Å². The average Bonchev–Trinajstić information content (AvgIpc) is 2.36. The van der Waals surface area contributed by atoms with E-state index in [4.69, 9.17) is 27.9 Å². The smallest absolute Gasteiger partial charge is 0.340 e. The van der Waals surface area contributed by atoms with Crippen molar-refractivity contribution in [3.8, 4) is 0 Å². The predicted molar refractivity (Wildman–Crippen MR) is 70.0 cm³/mol. The van der Waals surface area contributed by atoms with E-state index in [0.29, 0.717) is 11.6 Å². The second-order valence-corrected chi connectivity index (χ2v) is 4.14. The zero-order chi connectivity index (χ0) is 13.5. The standard InChI is InChI=1S/C12H11Cl2NO3/c1-2-5-15-11(16)7-18-12(17)9-6-8(13)3-4-10(9)14/h2-4,6H,1,5,7H2,(H,15,16). The minimum Gasteiger partial charge on any atom is -0.452 e. The molecule has 0 spiro atoms. The number of carbonyl (C=O) groups is 2. The van der Waals surface area contributed by atoms with Gasteiger partial charge in [0.25, 0.3) is 5.91 Å². The molecular weight excluding hydrogens is 277 g/mol. The highest BCUT2D eigenvalue weighted by molar-refractivity contribution is 6.35. The third kappa shape index (κ3) is 4.39. The fourth-order valence-electron chi connectivity index (χ4n) is 1.10. The monoisotopic (exact) mass is 287 g/mol. The van der Waals surface area contributed by atoms with E-state index >= 15 is 0 Å². The van der Waals surface area contributed by atoms with Gasteiger partial charge < -0.3 is 10.1 Å². The van der Waals surface area contributed by atoms with Crippen molar-refractivity contribution in [2.45, 2.75) is 0 Å². The summed E-state index contributed by atoms with van der Waals surface area (Å²) in [6.07, 6.45) is 1.52. The normalized spacial score (nSPS) is 9.67. The molecule has 0 atom stereocenters. The minimum atomic E-state index is -0.698. The van der Waals surface area contributed by atoms with Gasteiger partial charge >= 0.3 is 5.97 Å². The molecule has 0 aromatic heterocycles. The lowest BCUT2D eigenvalue weighted by molar-refractivity contribution is -0.124. The van der Waals surface area contributed by atoms with Gasteiger partial charge in [0.1, 0.15) is 0 Å². The maximum Gasteiger partial charge on any atom is 0.340 e. The van der Waals surface area contributed by atoms with Gasteiger partial charge in [0.15, 0.2) is 6.61 Å². The third-order valence-corrected chi connectivity index (χ3v) is 2.49. The molecule has 1 amide bonds. The van der Waals surface area contributed by atoms with E-state index < -0.39 is 11.9 Å². The van der Waals surface area contributed by atoms with Crippen LogP contribution in [0.25, 0.3) is 0 Å². The first-order valence-electron chi connectivity index (χ1n) is 5.04. The van der Waals surface area contributed by atoms with Gasteiger partial charge in [0.2, 0.25) is 0 Å². The third-order valence-electron chi connectivity index (χ3n) is 1.93. The highest BCUT2D eigenvalue weighted by atomic mass is 35.5. The first-order chi connectivity index (χ1) is 8.54. The van der Waals surface area contributed by atoms with Crippen molar-refractivity contribution in [2.75, 3.05) is 13.2 Å². The van der Waals surface area contributed by atoms with Crippen LogP contribution in [0.1, 0.15) is 10.4 Å². The van der Waals surface area contributed by atoms with Crippen molar-refractivity contribution < 1.29 is 14.3 Å². The molecule has 1 N–H and O–H groups in total. The Bertz CT molecular complexity index is 474. The van der Waals surface area contributed by atoms with Crippen LogP contribution in [0.2, 0.25) is 10.0 Å². The van der Waals surface area contributed by atoms with Gasteiger partial charge in [0, 0.05) is 11.6 Å². The van der Waals surface area contributed by atoms with E-state index in [9.17, 15) is 9.59 Å². The SMILES string of the molecule is C=CCNC(=O)COC(=O)c1cc(Cl)ccc1Cl. The Labute approximate surface area is 115 Å². The summed E-state index contributed by atoms with van der Waals surface area (Å²) in [7, 11) is 0. The molecule has 6 heteroatoms. The molecule has 0 bridgehead atoms. The average molecular weight is 288 g/mol. The molecule has 18 heavy (non-hydrogen) atoms.